The Balaban J connectivity index is 0.000000392. The first-order valence-corrected chi connectivity index (χ1v) is 13.1. The minimum Gasteiger partial charge on any atom is -0.478 e. The van der Waals surface area contributed by atoms with Gasteiger partial charge in [-0.2, -0.15) is 0 Å². The van der Waals surface area contributed by atoms with E-state index in [1.54, 1.807) is 18.2 Å². The summed E-state index contributed by atoms with van der Waals surface area (Å²) in [4.78, 5) is 34.3. The van der Waals surface area contributed by atoms with Crippen molar-refractivity contribution < 1.29 is 33.0 Å². The highest BCUT2D eigenvalue weighted by atomic mass is 32.2. The molecule has 9 nitrogen and oxygen atoms in total. The monoisotopic (exact) mass is 514 g/mol. The first kappa shape index (κ1) is 26.9. The smallest absolute Gasteiger partial charge is 0.328 e. The molecule has 2 aromatic carbocycles. The number of rotatable bonds is 6. The van der Waals surface area contributed by atoms with Crippen LogP contribution in [0.3, 0.4) is 0 Å². The Morgan fingerprint density at radius 3 is 2.22 bits per heavy atom. The summed E-state index contributed by atoms with van der Waals surface area (Å²) in [6.45, 7) is 6.52. The van der Waals surface area contributed by atoms with Gasteiger partial charge < -0.3 is 15.1 Å². The molecular weight excluding hydrogens is 484 g/mol. The van der Waals surface area contributed by atoms with E-state index in [1.165, 1.54) is 24.6 Å². The van der Waals surface area contributed by atoms with E-state index in [-0.39, 0.29) is 22.9 Å². The summed E-state index contributed by atoms with van der Waals surface area (Å²) in [5.74, 6) is -2.26. The van der Waals surface area contributed by atoms with Crippen LogP contribution in [-0.4, -0.2) is 60.4 Å². The predicted octanol–water partition coefficient (Wildman–Crippen LogP) is 3.58. The van der Waals surface area contributed by atoms with Crippen LogP contribution in [0.25, 0.3) is 0 Å². The minimum absolute atomic E-state index is 0.0864. The van der Waals surface area contributed by atoms with Gasteiger partial charge in [-0.1, -0.05) is 38.1 Å². The number of carboxylic acid groups (broad SMARTS) is 2. The van der Waals surface area contributed by atoms with Crippen molar-refractivity contribution in [1.82, 2.24) is 4.31 Å². The lowest BCUT2D eigenvalue weighted by molar-refractivity contribution is -0.134. The fraction of sp³-hybridized carbons (Fsp3) is 0.346. The predicted molar refractivity (Wildman–Crippen MR) is 135 cm³/mol. The highest BCUT2D eigenvalue weighted by Gasteiger charge is 2.41. The molecule has 2 aliphatic rings. The van der Waals surface area contributed by atoms with Gasteiger partial charge in [-0.3, -0.25) is 4.79 Å². The number of hydrogen-bond acceptors (Lipinski definition) is 6. The molecule has 36 heavy (non-hydrogen) atoms. The van der Waals surface area contributed by atoms with Crippen LogP contribution in [0.1, 0.15) is 48.5 Å². The SMILES string of the molecule is CC1CCN(c2cccc(C(C)CN3C(=O)c4ccccc4S3(=O)=O)c2)CC1.O=C(O)C=CC(=O)O. The third-order valence-corrected chi connectivity index (χ3v) is 8.12. The summed E-state index contributed by atoms with van der Waals surface area (Å²) in [6, 6.07) is 14.7. The van der Waals surface area contributed by atoms with Crippen LogP contribution in [-0.2, 0) is 19.6 Å². The van der Waals surface area contributed by atoms with Crippen molar-refractivity contribution >= 4 is 33.6 Å². The van der Waals surface area contributed by atoms with Crippen molar-refractivity contribution in [2.75, 3.05) is 24.5 Å². The molecule has 0 saturated carbocycles. The molecule has 0 aliphatic carbocycles. The number of anilines is 1. The van der Waals surface area contributed by atoms with Crippen LogP contribution in [0, 0.1) is 5.92 Å². The summed E-state index contributed by atoms with van der Waals surface area (Å²) in [5, 5.41) is 15.6. The molecule has 0 spiro atoms. The molecule has 0 radical (unpaired) electrons. The molecule has 1 saturated heterocycles. The maximum absolute atomic E-state index is 12.8. The molecule has 4 rings (SSSR count). The number of carbonyl (C=O) groups is 3. The van der Waals surface area contributed by atoms with Gasteiger partial charge in [-0.05, 0) is 54.5 Å². The van der Waals surface area contributed by atoms with Gasteiger partial charge in [-0.25, -0.2) is 22.3 Å². The van der Waals surface area contributed by atoms with E-state index >= 15 is 0 Å². The number of sulfonamides is 1. The van der Waals surface area contributed by atoms with Gasteiger partial charge in [0, 0.05) is 37.5 Å². The minimum atomic E-state index is -3.76. The van der Waals surface area contributed by atoms with E-state index in [9.17, 15) is 22.8 Å². The quantitative estimate of drug-likeness (QED) is 0.559. The molecule has 2 aliphatic heterocycles. The number of piperidine rings is 1. The average molecular weight is 515 g/mol. The number of amides is 1. The molecule has 192 valence electrons. The summed E-state index contributed by atoms with van der Waals surface area (Å²) >= 11 is 0. The standard InChI is InChI=1S/C22H26N2O3S.C4H4O4/c1-16-10-12-23(13-11-16)19-7-5-6-18(14-19)17(2)15-24-22(25)20-8-3-4-9-21(20)28(24,26)27;5-3(6)1-2-4(7)8/h3-9,14,16-17H,10-13,15H2,1-2H3;1-2H,(H,5,6)(H,7,8). The normalized spacial score (nSPS) is 17.9. The molecule has 2 N–H and O–H groups in total. The highest BCUT2D eigenvalue weighted by molar-refractivity contribution is 7.90. The van der Waals surface area contributed by atoms with Gasteiger partial charge in [-0.15, -0.1) is 0 Å². The third kappa shape index (κ3) is 6.31. The van der Waals surface area contributed by atoms with Crippen molar-refractivity contribution in [3.05, 3.63) is 71.8 Å². The zero-order valence-electron chi connectivity index (χ0n) is 20.2. The first-order valence-electron chi connectivity index (χ1n) is 11.7. The van der Waals surface area contributed by atoms with E-state index in [1.807, 2.05) is 19.1 Å². The number of nitrogens with zero attached hydrogens (tertiary/aromatic N) is 2. The second-order valence-corrected chi connectivity index (χ2v) is 10.8. The van der Waals surface area contributed by atoms with Crippen molar-refractivity contribution in [2.45, 2.75) is 37.5 Å². The third-order valence-electron chi connectivity index (χ3n) is 6.31. The second kappa shape index (κ2) is 11.4. The Hall–Kier alpha value is -3.66. The summed E-state index contributed by atoms with van der Waals surface area (Å²) in [6.07, 6.45) is 3.50. The Morgan fingerprint density at radius 1 is 1.03 bits per heavy atom. The molecular formula is C26H30N2O7S. The van der Waals surface area contributed by atoms with Crippen LogP contribution in [0.15, 0.2) is 65.6 Å². The lowest BCUT2D eigenvalue weighted by Gasteiger charge is -2.32. The van der Waals surface area contributed by atoms with Crippen LogP contribution in [0.4, 0.5) is 5.69 Å². The van der Waals surface area contributed by atoms with Gasteiger partial charge in [0.05, 0.1) is 5.56 Å². The topological polar surface area (TPSA) is 132 Å². The van der Waals surface area contributed by atoms with Gasteiger partial charge in [0.2, 0.25) is 0 Å². The average Bonchev–Trinajstić information content (AvgIpc) is 3.04. The molecule has 2 aromatic rings. The molecule has 1 fully saturated rings. The summed E-state index contributed by atoms with van der Waals surface area (Å²) in [7, 11) is -3.76. The Bertz CT molecular complexity index is 1250. The number of hydrogen-bond donors (Lipinski definition) is 2. The lowest BCUT2D eigenvalue weighted by atomic mass is 9.97. The van der Waals surface area contributed by atoms with E-state index in [2.05, 4.69) is 24.0 Å². The molecule has 10 heteroatoms. The van der Waals surface area contributed by atoms with Crippen molar-refractivity contribution in [1.29, 1.82) is 0 Å². The molecule has 0 bridgehead atoms. The van der Waals surface area contributed by atoms with E-state index < -0.39 is 27.9 Å². The molecule has 0 aromatic heterocycles. The van der Waals surface area contributed by atoms with Crippen molar-refractivity contribution in [3.8, 4) is 0 Å². The summed E-state index contributed by atoms with van der Waals surface area (Å²) < 4.78 is 26.6. The Kier molecular flexibility index (Phi) is 8.52. The molecule has 1 amide bonds. The van der Waals surface area contributed by atoms with Gasteiger partial charge in [0.1, 0.15) is 4.90 Å². The highest BCUT2D eigenvalue weighted by Crippen LogP contribution is 2.33. The number of fused-ring (bicyclic) bond motifs is 1. The van der Waals surface area contributed by atoms with Crippen LogP contribution in [0.2, 0.25) is 0 Å². The molecule has 1 unspecified atom stereocenters. The second-order valence-electron chi connectivity index (χ2n) is 9.01. The maximum Gasteiger partial charge on any atom is 0.328 e. The lowest BCUT2D eigenvalue weighted by Crippen LogP contribution is -2.34. The van der Waals surface area contributed by atoms with E-state index in [0.29, 0.717) is 12.2 Å². The number of carbonyl (C=O) groups excluding carboxylic acids is 1. The first-order chi connectivity index (χ1) is 17.0. The number of aliphatic carboxylic acids is 2. The van der Waals surface area contributed by atoms with Gasteiger partial charge in [0.25, 0.3) is 15.9 Å². The fourth-order valence-electron chi connectivity index (χ4n) is 4.20. The zero-order valence-corrected chi connectivity index (χ0v) is 21.0. The Morgan fingerprint density at radius 2 is 1.64 bits per heavy atom. The molecule has 2 heterocycles. The number of benzene rings is 2. The largest absolute Gasteiger partial charge is 0.478 e. The van der Waals surface area contributed by atoms with E-state index in [0.717, 1.165) is 28.9 Å². The number of carboxylic acids is 2. The van der Waals surface area contributed by atoms with Crippen LogP contribution >= 0.6 is 0 Å². The molecule has 1 atom stereocenters. The van der Waals surface area contributed by atoms with Crippen molar-refractivity contribution in [3.63, 3.8) is 0 Å². The van der Waals surface area contributed by atoms with Crippen LogP contribution in [0.5, 0.6) is 0 Å². The summed E-state index contributed by atoms with van der Waals surface area (Å²) in [5.41, 5.74) is 2.50. The Labute approximate surface area is 210 Å². The maximum atomic E-state index is 12.8. The van der Waals surface area contributed by atoms with Crippen molar-refractivity contribution in [2.24, 2.45) is 5.92 Å². The van der Waals surface area contributed by atoms with E-state index in [4.69, 9.17) is 10.2 Å². The fourth-order valence-corrected chi connectivity index (χ4v) is 5.86. The zero-order chi connectivity index (χ0) is 26.5. The van der Waals surface area contributed by atoms with Gasteiger partial charge in [0.15, 0.2) is 0 Å². The van der Waals surface area contributed by atoms with Crippen LogP contribution < -0.4 is 4.90 Å². The van der Waals surface area contributed by atoms with Gasteiger partial charge >= 0.3 is 11.9 Å².